The minimum absolute atomic E-state index is 0.0931. The lowest BCUT2D eigenvalue weighted by molar-refractivity contribution is 0.274. The number of halogens is 1. The van der Waals surface area contributed by atoms with Crippen LogP contribution >= 0.6 is 15.9 Å². The van der Waals surface area contributed by atoms with Gasteiger partial charge in [-0.3, -0.25) is 4.79 Å². The highest BCUT2D eigenvalue weighted by Gasteiger charge is 2.22. The van der Waals surface area contributed by atoms with E-state index in [2.05, 4.69) is 31.2 Å². The summed E-state index contributed by atoms with van der Waals surface area (Å²) in [5.41, 5.74) is 0.889. The number of hydrogen-bond donors (Lipinski definition) is 2. The predicted molar refractivity (Wildman–Crippen MR) is 75.5 cm³/mol. The van der Waals surface area contributed by atoms with E-state index in [9.17, 15) is 4.79 Å². The van der Waals surface area contributed by atoms with Crippen molar-refractivity contribution in [3.8, 4) is 5.75 Å². The molecular weight excluding hydrogens is 310 g/mol. The average Bonchev–Trinajstić information content (AvgIpc) is 2.44. The van der Waals surface area contributed by atoms with E-state index in [1.54, 1.807) is 0 Å². The maximum absolute atomic E-state index is 11.5. The van der Waals surface area contributed by atoms with Gasteiger partial charge in [-0.1, -0.05) is 18.2 Å². The van der Waals surface area contributed by atoms with Gasteiger partial charge < -0.3 is 15.0 Å². The zero-order valence-corrected chi connectivity index (χ0v) is 11.6. The third kappa shape index (κ3) is 2.35. The van der Waals surface area contributed by atoms with Crippen LogP contribution in [0.2, 0.25) is 0 Å². The van der Waals surface area contributed by atoms with Gasteiger partial charge in [0.15, 0.2) is 0 Å². The van der Waals surface area contributed by atoms with Crippen LogP contribution in [0, 0.1) is 0 Å². The van der Waals surface area contributed by atoms with Gasteiger partial charge in [0, 0.05) is 12.0 Å². The summed E-state index contributed by atoms with van der Waals surface area (Å²) < 4.78 is 6.02. The zero-order valence-electron chi connectivity index (χ0n) is 10.0. The van der Waals surface area contributed by atoms with Crippen LogP contribution < -0.4 is 15.6 Å². The minimum Gasteiger partial charge on any atom is -0.493 e. The average molecular weight is 322 g/mol. The lowest BCUT2D eigenvalue weighted by Gasteiger charge is -2.27. The van der Waals surface area contributed by atoms with Crippen molar-refractivity contribution in [2.45, 2.75) is 12.5 Å². The van der Waals surface area contributed by atoms with E-state index in [1.165, 1.54) is 6.33 Å². The highest BCUT2D eigenvalue weighted by atomic mass is 79.9. The monoisotopic (exact) mass is 321 g/mol. The number of fused-ring (bicyclic) bond motifs is 1. The Balaban J connectivity index is 1.93. The third-order valence-corrected chi connectivity index (χ3v) is 3.80. The molecule has 1 unspecified atom stereocenters. The summed E-state index contributed by atoms with van der Waals surface area (Å²) in [5.74, 6) is 1.43. The van der Waals surface area contributed by atoms with E-state index in [1.807, 2.05) is 24.3 Å². The van der Waals surface area contributed by atoms with Gasteiger partial charge in [-0.2, -0.15) is 0 Å². The molecule has 6 heteroatoms. The van der Waals surface area contributed by atoms with Gasteiger partial charge in [0.05, 0.1) is 19.0 Å². The van der Waals surface area contributed by atoms with E-state index in [-0.39, 0.29) is 11.6 Å². The van der Waals surface area contributed by atoms with Crippen LogP contribution in [0.15, 0.2) is 39.9 Å². The second kappa shape index (κ2) is 5.05. The predicted octanol–water partition coefficient (Wildman–Crippen LogP) is 2.47. The first kappa shape index (κ1) is 12.2. The van der Waals surface area contributed by atoms with Crippen LogP contribution in [0.4, 0.5) is 5.82 Å². The molecule has 2 N–H and O–H groups in total. The lowest BCUT2D eigenvalue weighted by atomic mass is 10.0. The number of benzene rings is 1. The fourth-order valence-corrected chi connectivity index (χ4v) is 2.47. The summed E-state index contributed by atoms with van der Waals surface area (Å²) in [5, 5.41) is 3.29. The van der Waals surface area contributed by atoms with Crippen molar-refractivity contribution in [3.63, 3.8) is 0 Å². The number of nitrogens with one attached hydrogen (secondary N) is 2. The van der Waals surface area contributed by atoms with Crippen LogP contribution in [-0.2, 0) is 0 Å². The highest BCUT2D eigenvalue weighted by molar-refractivity contribution is 9.10. The fraction of sp³-hybridized carbons (Fsp3) is 0.231. The molecule has 0 saturated carbocycles. The Morgan fingerprint density at radius 2 is 2.26 bits per heavy atom. The fourth-order valence-electron chi connectivity index (χ4n) is 2.14. The van der Waals surface area contributed by atoms with E-state index >= 15 is 0 Å². The van der Waals surface area contributed by atoms with E-state index in [0.717, 1.165) is 17.7 Å². The highest BCUT2D eigenvalue weighted by Crippen LogP contribution is 2.34. The number of H-pyrrole nitrogens is 1. The molecule has 1 aromatic heterocycles. The standard InChI is InChI=1S/C13H12BrN3O2/c14-11-12(15-7-16-13(11)18)17-9-5-6-19-10-4-2-1-3-8(9)10/h1-4,7,9H,5-6H2,(H2,15,16,17,18). The molecule has 2 aromatic rings. The number of hydrogen-bond acceptors (Lipinski definition) is 4. The summed E-state index contributed by atoms with van der Waals surface area (Å²) in [6, 6.07) is 7.98. The van der Waals surface area contributed by atoms with Crippen LogP contribution in [0.25, 0.3) is 0 Å². The molecule has 1 aromatic carbocycles. The van der Waals surface area contributed by atoms with Crippen molar-refractivity contribution in [1.29, 1.82) is 0 Å². The molecule has 0 aliphatic carbocycles. The molecule has 1 atom stereocenters. The van der Waals surface area contributed by atoms with Crippen LogP contribution in [0.3, 0.4) is 0 Å². The Labute approximate surface area is 118 Å². The second-order valence-corrected chi connectivity index (χ2v) is 5.06. The molecule has 2 heterocycles. The number of para-hydroxylation sites is 1. The summed E-state index contributed by atoms with van der Waals surface area (Å²) in [4.78, 5) is 18.2. The first-order chi connectivity index (χ1) is 9.25. The molecular formula is C13H12BrN3O2. The van der Waals surface area contributed by atoms with Crippen molar-refractivity contribution >= 4 is 21.7 Å². The molecule has 98 valence electrons. The zero-order chi connectivity index (χ0) is 13.2. The number of anilines is 1. The van der Waals surface area contributed by atoms with Gasteiger partial charge in [0.2, 0.25) is 0 Å². The van der Waals surface area contributed by atoms with Crippen molar-refractivity contribution in [2.24, 2.45) is 0 Å². The van der Waals surface area contributed by atoms with Gasteiger partial charge in [0.1, 0.15) is 16.0 Å². The molecule has 0 radical (unpaired) electrons. The first-order valence-corrected chi connectivity index (χ1v) is 6.76. The summed E-state index contributed by atoms with van der Waals surface area (Å²) in [7, 11) is 0. The molecule has 0 bridgehead atoms. The lowest BCUT2D eigenvalue weighted by Crippen LogP contribution is -2.22. The topological polar surface area (TPSA) is 67.0 Å². The van der Waals surface area contributed by atoms with Crippen LogP contribution in [0.1, 0.15) is 18.0 Å². The third-order valence-electron chi connectivity index (χ3n) is 3.07. The molecule has 0 fully saturated rings. The molecule has 3 rings (SSSR count). The largest absolute Gasteiger partial charge is 0.493 e. The minimum atomic E-state index is -0.196. The Kier molecular flexibility index (Phi) is 3.25. The van der Waals surface area contributed by atoms with Crippen molar-refractivity contribution < 1.29 is 4.74 Å². The molecule has 1 aliphatic heterocycles. The normalized spacial score (nSPS) is 17.4. The van der Waals surface area contributed by atoms with Gasteiger partial charge in [0.25, 0.3) is 5.56 Å². The Bertz CT molecular complexity index is 656. The smallest absolute Gasteiger partial charge is 0.267 e. The quantitative estimate of drug-likeness (QED) is 0.891. The number of rotatable bonds is 2. The van der Waals surface area contributed by atoms with Gasteiger partial charge in [-0.25, -0.2) is 4.98 Å². The van der Waals surface area contributed by atoms with E-state index < -0.39 is 0 Å². The van der Waals surface area contributed by atoms with Crippen molar-refractivity contribution in [1.82, 2.24) is 9.97 Å². The molecule has 0 saturated heterocycles. The molecule has 0 amide bonds. The molecule has 5 nitrogen and oxygen atoms in total. The van der Waals surface area contributed by atoms with E-state index in [0.29, 0.717) is 16.9 Å². The molecule has 1 aliphatic rings. The maximum Gasteiger partial charge on any atom is 0.267 e. The SMILES string of the molecule is O=c1[nH]cnc(NC2CCOc3ccccc32)c1Br. The Morgan fingerprint density at radius 1 is 1.42 bits per heavy atom. The van der Waals surface area contributed by atoms with E-state index in [4.69, 9.17) is 4.74 Å². The maximum atomic E-state index is 11.5. The molecule has 0 spiro atoms. The number of aromatic amines is 1. The van der Waals surface area contributed by atoms with Gasteiger partial charge in [-0.15, -0.1) is 0 Å². The second-order valence-electron chi connectivity index (χ2n) is 4.27. The molecule has 19 heavy (non-hydrogen) atoms. The van der Waals surface area contributed by atoms with Gasteiger partial charge >= 0.3 is 0 Å². The van der Waals surface area contributed by atoms with Crippen molar-refractivity contribution in [3.05, 3.63) is 51.0 Å². The summed E-state index contributed by atoms with van der Waals surface area (Å²) >= 11 is 3.25. The number of nitrogens with zero attached hydrogens (tertiary/aromatic N) is 1. The van der Waals surface area contributed by atoms with Crippen LogP contribution in [0.5, 0.6) is 5.75 Å². The Hall–Kier alpha value is -1.82. The summed E-state index contributed by atoms with van der Waals surface area (Å²) in [6.07, 6.45) is 2.22. The number of aromatic nitrogens is 2. The number of ether oxygens (including phenoxy) is 1. The first-order valence-electron chi connectivity index (χ1n) is 5.97. The van der Waals surface area contributed by atoms with Gasteiger partial charge in [-0.05, 0) is 22.0 Å². The van der Waals surface area contributed by atoms with Crippen molar-refractivity contribution in [2.75, 3.05) is 11.9 Å². The summed E-state index contributed by atoms with van der Waals surface area (Å²) in [6.45, 7) is 0.648. The van der Waals surface area contributed by atoms with Crippen LogP contribution in [-0.4, -0.2) is 16.6 Å². The Morgan fingerprint density at radius 3 is 3.16 bits per heavy atom.